The summed E-state index contributed by atoms with van der Waals surface area (Å²) >= 11 is 0. The van der Waals surface area contributed by atoms with Crippen molar-refractivity contribution in [3.05, 3.63) is 0 Å². The molecule has 0 fully saturated rings. The van der Waals surface area contributed by atoms with Gasteiger partial charge in [0, 0.05) is 6.04 Å². The van der Waals surface area contributed by atoms with E-state index in [-0.39, 0.29) is 12.1 Å². The van der Waals surface area contributed by atoms with Crippen molar-refractivity contribution < 1.29 is 5.11 Å². The van der Waals surface area contributed by atoms with Gasteiger partial charge in [0.2, 0.25) is 0 Å². The summed E-state index contributed by atoms with van der Waals surface area (Å²) in [6, 6.07) is 0.201. The van der Waals surface area contributed by atoms with Crippen LogP contribution in [0.4, 0.5) is 0 Å². The van der Waals surface area contributed by atoms with Crippen LogP contribution in [0.5, 0.6) is 0 Å². The summed E-state index contributed by atoms with van der Waals surface area (Å²) in [4.78, 5) is 0. The molecule has 0 aliphatic carbocycles. The van der Waals surface area contributed by atoms with Crippen molar-refractivity contribution in [2.45, 2.75) is 53.2 Å². The number of hydrogen-bond acceptors (Lipinski definition) is 2. The van der Waals surface area contributed by atoms with Gasteiger partial charge in [-0.2, -0.15) is 0 Å². The lowest BCUT2D eigenvalue weighted by Gasteiger charge is -2.21. The van der Waals surface area contributed by atoms with Crippen molar-refractivity contribution in [3.8, 4) is 0 Å². The van der Waals surface area contributed by atoms with Crippen LogP contribution in [0.3, 0.4) is 0 Å². The molecule has 74 valence electrons. The third kappa shape index (κ3) is 6.62. The largest absolute Gasteiger partial charge is 0.392 e. The van der Waals surface area contributed by atoms with Gasteiger partial charge in [0.15, 0.2) is 0 Å². The van der Waals surface area contributed by atoms with Crippen LogP contribution in [-0.2, 0) is 0 Å². The van der Waals surface area contributed by atoms with Gasteiger partial charge >= 0.3 is 0 Å². The molecule has 0 amide bonds. The standard InChI is InChI=1S/C10H23NO/c1-8(9(2)12)11-7-6-10(3,4)5/h8-9,11-12H,6-7H2,1-5H3. The van der Waals surface area contributed by atoms with Gasteiger partial charge < -0.3 is 10.4 Å². The number of aliphatic hydroxyl groups is 1. The van der Waals surface area contributed by atoms with E-state index in [0.29, 0.717) is 5.41 Å². The first kappa shape index (κ1) is 11.9. The average Bonchev–Trinajstić information content (AvgIpc) is 1.84. The van der Waals surface area contributed by atoms with E-state index < -0.39 is 0 Å². The molecule has 0 aromatic rings. The number of aliphatic hydroxyl groups excluding tert-OH is 1. The van der Waals surface area contributed by atoms with Crippen molar-refractivity contribution in [2.75, 3.05) is 6.54 Å². The second-order valence-electron chi connectivity index (χ2n) is 4.79. The Kier molecular flexibility index (Phi) is 4.80. The Labute approximate surface area is 76.4 Å². The zero-order chi connectivity index (χ0) is 9.78. The van der Waals surface area contributed by atoms with Crippen LogP contribution in [0.1, 0.15) is 41.0 Å². The van der Waals surface area contributed by atoms with Crippen LogP contribution >= 0.6 is 0 Å². The summed E-state index contributed by atoms with van der Waals surface area (Å²) in [6.45, 7) is 11.5. The quantitative estimate of drug-likeness (QED) is 0.679. The van der Waals surface area contributed by atoms with Gasteiger partial charge in [-0.05, 0) is 32.2 Å². The van der Waals surface area contributed by atoms with Crippen LogP contribution < -0.4 is 5.32 Å². The smallest absolute Gasteiger partial charge is 0.0662 e. The topological polar surface area (TPSA) is 32.3 Å². The molecule has 0 aromatic carbocycles. The molecule has 2 nitrogen and oxygen atoms in total. The van der Waals surface area contributed by atoms with Crippen LogP contribution in [0.15, 0.2) is 0 Å². The Morgan fingerprint density at radius 1 is 1.25 bits per heavy atom. The Bertz CT molecular complexity index is 115. The number of rotatable bonds is 4. The van der Waals surface area contributed by atoms with E-state index in [4.69, 9.17) is 0 Å². The molecule has 0 rings (SSSR count). The van der Waals surface area contributed by atoms with E-state index in [1.165, 1.54) is 0 Å². The van der Waals surface area contributed by atoms with E-state index in [0.717, 1.165) is 13.0 Å². The highest BCUT2D eigenvalue weighted by atomic mass is 16.3. The summed E-state index contributed by atoms with van der Waals surface area (Å²) in [7, 11) is 0. The van der Waals surface area contributed by atoms with Crippen molar-refractivity contribution in [2.24, 2.45) is 5.41 Å². The highest BCUT2D eigenvalue weighted by Gasteiger charge is 2.11. The molecule has 0 aliphatic heterocycles. The molecule has 0 aliphatic rings. The van der Waals surface area contributed by atoms with E-state index >= 15 is 0 Å². The zero-order valence-corrected chi connectivity index (χ0v) is 9.02. The van der Waals surface area contributed by atoms with Crippen LogP contribution in [0.25, 0.3) is 0 Å². The van der Waals surface area contributed by atoms with Crippen molar-refractivity contribution in [1.29, 1.82) is 0 Å². The lowest BCUT2D eigenvalue weighted by molar-refractivity contribution is 0.150. The third-order valence-corrected chi connectivity index (χ3v) is 2.06. The molecule has 2 N–H and O–H groups in total. The zero-order valence-electron chi connectivity index (χ0n) is 9.02. The Morgan fingerprint density at radius 2 is 1.75 bits per heavy atom. The van der Waals surface area contributed by atoms with Crippen molar-refractivity contribution in [1.82, 2.24) is 5.32 Å². The lowest BCUT2D eigenvalue weighted by Crippen LogP contribution is -2.37. The summed E-state index contributed by atoms with van der Waals surface area (Å²) in [5.41, 5.74) is 0.380. The minimum atomic E-state index is -0.259. The first-order chi connectivity index (χ1) is 5.33. The number of hydrogen-bond donors (Lipinski definition) is 2. The summed E-state index contributed by atoms with van der Waals surface area (Å²) < 4.78 is 0. The monoisotopic (exact) mass is 173 g/mol. The Balaban J connectivity index is 3.44. The molecule has 0 saturated carbocycles. The average molecular weight is 173 g/mol. The Morgan fingerprint density at radius 3 is 2.08 bits per heavy atom. The van der Waals surface area contributed by atoms with E-state index in [1.807, 2.05) is 13.8 Å². The maximum absolute atomic E-state index is 9.19. The molecule has 0 aromatic heterocycles. The van der Waals surface area contributed by atoms with E-state index in [1.54, 1.807) is 0 Å². The highest BCUT2D eigenvalue weighted by molar-refractivity contribution is 4.69. The molecule has 0 saturated heterocycles. The van der Waals surface area contributed by atoms with Gasteiger partial charge in [0.1, 0.15) is 0 Å². The van der Waals surface area contributed by atoms with Gasteiger partial charge in [0.25, 0.3) is 0 Å². The lowest BCUT2D eigenvalue weighted by atomic mass is 9.92. The summed E-state index contributed by atoms with van der Waals surface area (Å²) in [6.07, 6.45) is 0.884. The molecule has 2 heteroatoms. The van der Waals surface area contributed by atoms with E-state index in [9.17, 15) is 5.11 Å². The van der Waals surface area contributed by atoms with Crippen molar-refractivity contribution in [3.63, 3.8) is 0 Å². The molecule has 12 heavy (non-hydrogen) atoms. The fraction of sp³-hybridized carbons (Fsp3) is 1.00. The van der Waals surface area contributed by atoms with Gasteiger partial charge in [-0.15, -0.1) is 0 Å². The van der Waals surface area contributed by atoms with Crippen LogP contribution in [0, 0.1) is 5.41 Å². The third-order valence-electron chi connectivity index (χ3n) is 2.06. The summed E-state index contributed by atoms with van der Waals surface area (Å²) in [5, 5.41) is 12.5. The minimum Gasteiger partial charge on any atom is -0.392 e. The van der Waals surface area contributed by atoms with Gasteiger partial charge in [-0.25, -0.2) is 0 Å². The molecular formula is C10H23NO. The first-order valence-electron chi connectivity index (χ1n) is 4.74. The molecule has 2 unspecified atom stereocenters. The second kappa shape index (κ2) is 4.83. The van der Waals surface area contributed by atoms with Crippen molar-refractivity contribution >= 4 is 0 Å². The number of nitrogens with one attached hydrogen (secondary N) is 1. The predicted molar refractivity (Wildman–Crippen MR) is 53.2 cm³/mol. The molecule has 2 atom stereocenters. The summed E-state index contributed by atoms with van der Waals surface area (Å²) in [5.74, 6) is 0. The fourth-order valence-corrected chi connectivity index (χ4v) is 0.845. The molecule has 0 radical (unpaired) electrons. The maximum atomic E-state index is 9.19. The minimum absolute atomic E-state index is 0.201. The van der Waals surface area contributed by atoms with Crippen LogP contribution in [0.2, 0.25) is 0 Å². The predicted octanol–water partition coefficient (Wildman–Crippen LogP) is 1.78. The maximum Gasteiger partial charge on any atom is 0.0662 e. The normalized spacial score (nSPS) is 17.5. The Hall–Kier alpha value is -0.0800. The highest BCUT2D eigenvalue weighted by Crippen LogP contribution is 2.17. The second-order valence-corrected chi connectivity index (χ2v) is 4.79. The molecule has 0 heterocycles. The molecule has 0 bridgehead atoms. The van der Waals surface area contributed by atoms with Gasteiger partial charge in [-0.1, -0.05) is 20.8 Å². The van der Waals surface area contributed by atoms with E-state index in [2.05, 4.69) is 26.1 Å². The first-order valence-corrected chi connectivity index (χ1v) is 4.74. The SMILES string of the molecule is CC(O)C(C)NCCC(C)(C)C. The van der Waals surface area contributed by atoms with Crippen LogP contribution in [-0.4, -0.2) is 23.8 Å². The van der Waals surface area contributed by atoms with Gasteiger partial charge in [-0.3, -0.25) is 0 Å². The molecule has 0 spiro atoms. The molecular weight excluding hydrogens is 150 g/mol. The van der Waals surface area contributed by atoms with Gasteiger partial charge in [0.05, 0.1) is 6.10 Å². The fourth-order valence-electron chi connectivity index (χ4n) is 0.845.